The lowest BCUT2D eigenvalue weighted by atomic mass is 10.1. The third-order valence-corrected chi connectivity index (χ3v) is 2.73. The number of aryl methyl sites for hydroxylation is 1. The molecule has 0 bridgehead atoms. The topological polar surface area (TPSA) is 46.5 Å². The summed E-state index contributed by atoms with van der Waals surface area (Å²) in [5, 5.41) is 9.00. The first kappa shape index (κ1) is 13.1. The van der Waals surface area contributed by atoms with E-state index in [0.717, 1.165) is 18.1 Å². The van der Waals surface area contributed by atoms with Gasteiger partial charge in [-0.05, 0) is 42.3 Å². The standard InChI is InChI=1S/C15H13FO3/c1-2-10-3-6-12(7-4-10)19-14-8-5-11(16)9-13(14)15(17)18/h3-9H,2H2,1H3,(H,17,18). The first-order valence-corrected chi connectivity index (χ1v) is 5.90. The number of hydrogen-bond acceptors (Lipinski definition) is 2. The largest absolute Gasteiger partial charge is 0.478 e. The Morgan fingerprint density at radius 3 is 2.47 bits per heavy atom. The maximum absolute atomic E-state index is 13.0. The number of carboxylic acid groups (broad SMARTS) is 1. The summed E-state index contributed by atoms with van der Waals surface area (Å²) in [6.07, 6.45) is 0.914. The fourth-order valence-electron chi connectivity index (χ4n) is 1.68. The minimum absolute atomic E-state index is 0.123. The Hall–Kier alpha value is -2.36. The van der Waals surface area contributed by atoms with Crippen molar-refractivity contribution in [1.29, 1.82) is 0 Å². The third kappa shape index (κ3) is 3.10. The molecule has 0 saturated heterocycles. The molecule has 2 aromatic carbocycles. The predicted molar refractivity (Wildman–Crippen MR) is 69.3 cm³/mol. The molecule has 0 unspecified atom stereocenters. The van der Waals surface area contributed by atoms with Crippen LogP contribution in [0.2, 0.25) is 0 Å². The van der Waals surface area contributed by atoms with E-state index in [1.165, 1.54) is 12.1 Å². The molecule has 2 aromatic rings. The van der Waals surface area contributed by atoms with E-state index in [9.17, 15) is 9.18 Å². The molecule has 0 spiro atoms. The number of halogens is 1. The summed E-state index contributed by atoms with van der Waals surface area (Å²) in [6.45, 7) is 2.04. The molecule has 0 aliphatic carbocycles. The molecule has 0 radical (unpaired) electrons. The SMILES string of the molecule is CCc1ccc(Oc2ccc(F)cc2C(=O)O)cc1. The zero-order valence-electron chi connectivity index (χ0n) is 10.4. The van der Waals surface area contributed by atoms with Crippen LogP contribution in [-0.4, -0.2) is 11.1 Å². The summed E-state index contributed by atoms with van der Waals surface area (Å²) in [4.78, 5) is 11.0. The summed E-state index contributed by atoms with van der Waals surface area (Å²) < 4.78 is 18.5. The van der Waals surface area contributed by atoms with Crippen molar-refractivity contribution in [3.63, 3.8) is 0 Å². The Kier molecular flexibility index (Phi) is 3.80. The van der Waals surface area contributed by atoms with E-state index in [2.05, 4.69) is 0 Å². The van der Waals surface area contributed by atoms with E-state index in [1.54, 1.807) is 12.1 Å². The molecule has 0 aromatic heterocycles. The maximum atomic E-state index is 13.0. The van der Waals surface area contributed by atoms with Gasteiger partial charge in [-0.15, -0.1) is 0 Å². The fourth-order valence-corrected chi connectivity index (χ4v) is 1.68. The molecule has 0 fully saturated rings. The van der Waals surface area contributed by atoms with Gasteiger partial charge in [-0.2, -0.15) is 0 Å². The second-order valence-electron chi connectivity index (χ2n) is 4.05. The quantitative estimate of drug-likeness (QED) is 0.907. The lowest BCUT2D eigenvalue weighted by Gasteiger charge is -2.09. The van der Waals surface area contributed by atoms with Gasteiger partial charge in [0.25, 0.3) is 0 Å². The highest BCUT2D eigenvalue weighted by atomic mass is 19.1. The number of rotatable bonds is 4. The van der Waals surface area contributed by atoms with Crippen molar-refractivity contribution in [2.75, 3.05) is 0 Å². The molecule has 3 nitrogen and oxygen atoms in total. The van der Waals surface area contributed by atoms with Crippen LogP contribution < -0.4 is 4.74 Å². The van der Waals surface area contributed by atoms with Crippen LogP contribution in [-0.2, 0) is 6.42 Å². The van der Waals surface area contributed by atoms with Crippen LogP contribution in [0.25, 0.3) is 0 Å². The molecule has 0 saturated carbocycles. The second-order valence-corrected chi connectivity index (χ2v) is 4.05. The predicted octanol–water partition coefficient (Wildman–Crippen LogP) is 3.88. The molecule has 98 valence electrons. The van der Waals surface area contributed by atoms with Crippen molar-refractivity contribution in [3.05, 3.63) is 59.4 Å². The van der Waals surface area contributed by atoms with Crippen molar-refractivity contribution in [3.8, 4) is 11.5 Å². The van der Waals surface area contributed by atoms with Gasteiger partial charge in [-0.25, -0.2) is 9.18 Å². The van der Waals surface area contributed by atoms with Gasteiger partial charge in [0.05, 0.1) is 0 Å². The van der Waals surface area contributed by atoms with Gasteiger partial charge in [-0.3, -0.25) is 0 Å². The van der Waals surface area contributed by atoms with Crippen LogP contribution in [0.1, 0.15) is 22.8 Å². The number of hydrogen-bond donors (Lipinski definition) is 1. The normalized spacial score (nSPS) is 10.2. The van der Waals surface area contributed by atoms with Gasteiger partial charge in [0.2, 0.25) is 0 Å². The van der Waals surface area contributed by atoms with E-state index in [4.69, 9.17) is 9.84 Å². The Labute approximate surface area is 110 Å². The number of carbonyl (C=O) groups is 1. The molecule has 1 N–H and O–H groups in total. The van der Waals surface area contributed by atoms with Crippen molar-refractivity contribution in [1.82, 2.24) is 0 Å². The average Bonchev–Trinajstić information content (AvgIpc) is 2.41. The van der Waals surface area contributed by atoms with Gasteiger partial charge >= 0.3 is 5.97 Å². The fraction of sp³-hybridized carbons (Fsp3) is 0.133. The highest BCUT2D eigenvalue weighted by Gasteiger charge is 2.13. The maximum Gasteiger partial charge on any atom is 0.339 e. The van der Waals surface area contributed by atoms with E-state index in [0.29, 0.717) is 5.75 Å². The highest BCUT2D eigenvalue weighted by molar-refractivity contribution is 5.91. The summed E-state index contributed by atoms with van der Waals surface area (Å²) >= 11 is 0. The zero-order chi connectivity index (χ0) is 13.8. The van der Waals surface area contributed by atoms with Gasteiger partial charge in [0.1, 0.15) is 22.9 Å². The van der Waals surface area contributed by atoms with Crippen LogP contribution in [0.4, 0.5) is 4.39 Å². The first-order valence-electron chi connectivity index (χ1n) is 5.90. The minimum Gasteiger partial charge on any atom is -0.478 e. The van der Waals surface area contributed by atoms with Crippen LogP contribution in [0.15, 0.2) is 42.5 Å². The lowest BCUT2D eigenvalue weighted by Crippen LogP contribution is -2.00. The number of benzene rings is 2. The summed E-state index contributed by atoms with van der Waals surface area (Å²) in [5.41, 5.74) is 0.962. The molecule has 19 heavy (non-hydrogen) atoms. The molecule has 0 amide bonds. The van der Waals surface area contributed by atoms with Gasteiger partial charge in [0, 0.05) is 0 Å². The lowest BCUT2D eigenvalue weighted by molar-refractivity contribution is 0.0693. The van der Waals surface area contributed by atoms with E-state index in [1.807, 2.05) is 19.1 Å². The summed E-state index contributed by atoms with van der Waals surface area (Å²) in [7, 11) is 0. The average molecular weight is 260 g/mol. The molecule has 0 atom stereocenters. The Morgan fingerprint density at radius 1 is 1.21 bits per heavy atom. The second kappa shape index (κ2) is 5.52. The minimum atomic E-state index is -1.22. The van der Waals surface area contributed by atoms with E-state index < -0.39 is 11.8 Å². The Bertz CT molecular complexity index is 591. The van der Waals surface area contributed by atoms with Crippen molar-refractivity contribution in [2.24, 2.45) is 0 Å². The Morgan fingerprint density at radius 2 is 1.89 bits per heavy atom. The van der Waals surface area contributed by atoms with Gasteiger partial charge < -0.3 is 9.84 Å². The van der Waals surface area contributed by atoms with Gasteiger partial charge in [-0.1, -0.05) is 19.1 Å². The molecular weight excluding hydrogens is 247 g/mol. The van der Waals surface area contributed by atoms with Gasteiger partial charge in [0.15, 0.2) is 0 Å². The molecule has 0 aliphatic heterocycles. The van der Waals surface area contributed by atoms with Crippen LogP contribution in [0.5, 0.6) is 11.5 Å². The van der Waals surface area contributed by atoms with Crippen LogP contribution >= 0.6 is 0 Å². The van der Waals surface area contributed by atoms with E-state index in [-0.39, 0.29) is 11.3 Å². The summed E-state index contributed by atoms with van der Waals surface area (Å²) in [6, 6.07) is 10.7. The molecular formula is C15H13FO3. The number of aromatic carboxylic acids is 1. The Balaban J connectivity index is 2.29. The van der Waals surface area contributed by atoms with Crippen molar-refractivity contribution < 1.29 is 19.0 Å². The molecule has 2 rings (SSSR count). The molecule has 4 heteroatoms. The number of ether oxygens (including phenoxy) is 1. The summed E-state index contributed by atoms with van der Waals surface area (Å²) in [5.74, 6) is -1.18. The zero-order valence-corrected chi connectivity index (χ0v) is 10.4. The smallest absolute Gasteiger partial charge is 0.339 e. The first-order chi connectivity index (χ1) is 9.10. The van der Waals surface area contributed by atoms with Crippen molar-refractivity contribution in [2.45, 2.75) is 13.3 Å². The molecule has 0 aliphatic rings. The van der Waals surface area contributed by atoms with Crippen LogP contribution in [0, 0.1) is 5.82 Å². The van der Waals surface area contributed by atoms with Crippen LogP contribution in [0.3, 0.4) is 0 Å². The monoisotopic (exact) mass is 260 g/mol. The third-order valence-electron chi connectivity index (χ3n) is 2.73. The highest BCUT2D eigenvalue weighted by Crippen LogP contribution is 2.26. The molecule has 0 heterocycles. The number of carboxylic acids is 1. The van der Waals surface area contributed by atoms with E-state index >= 15 is 0 Å². The van der Waals surface area contributed by atoms with Crippen molar-refractivity contribution >= 4 is 5.97 Å².